The lowest BCUT2D eigenvalue weighted by Crippen LogP contribution is -2.45. The Labute approximate surface area is 107 Å². The maximum Gasteiger partial charge on any atom is 0.320 e. The quantitative estimate of drug-likeness (QED) is 0.720. The first kappa shape index (κ1) is 12.9. The normalized spacial score (nSPS) is 28.2. The highest BCUT2D eigenvalue weighted by atomic mass is 16.4. The van der Waals surface area contributed by atoms with E-state index >= 15 is 0 Å². The fourth-order valence-electron chi connectivity index (χ4n) is 2.57. The van der Waals surface area contributed by atoms with E-state index in [1.54, 1.807) is 11.8 Å². The van der Waals surface area contributed by atoms with Gasteiger partial charge in [0.2, 0.25) is 0 Å². The lowest BCUT2D eigenvalue weighted by molar-refractivity contribution is -0.147. The minimum absolute atomic E-state index is 0.0209. The monoisotopic (exact) mass is 252 g/mol. The van der Waals surface area contributed by atoms with Crippen molar-refractivity contribution in [2.75, 3.05) is 26.2 Å². The molecule has 1 unspecified atom stereocenters. The Bertz CT molecular complexity index is 405. The number of nitrogens with zero attached hydrogens (tertiary/aromatic N) is 2. The van der Waals surface area contributed by atoms with Crippen LogP contribution < -0.4 is 0 Å². The van der Waals surface area contributed by atoms with Gasteiger partial charge in [0.25, 0.3) is 0 Å². The Morgan fingerprint density at radius 1 is 1.33 bits per heavy atom. The van der Waals surface area contributed by atoms with Gasteiger partial charge in [-0.15, -0.1) is 0 Å². The van der Waals surface area contributed by atoms with E-state index < -0.39 is 11.4 Å². The van der Waals surface area contributed by atoms with Crippen molar-refractivity contribution >= 4 is 12.0 Å². The van der Waals surface area contributed by atoms with E-state index in [9.17, 15) is 9.59 Å². The number of carbonyl (C=O) groups is 2. The fraction of sp³-hybridized carbons (Fsp3) is 0.692. The molecule has 18 heavy (non-hydrogen) atoms. The van der Waals surface area contributed by atoms with E-state index in [2.05, 4.69) is 6.08 Å². The molecular weight excluding hydrogens is 232 g/mol. The number of carbonyl (C=O) groups excluding carboxylic acids is 1. The summed E-state index contributed by atoms with van der Waals surface area (Å²) in [6.45, 7) is 5.99. The van der Waals surface area contributed by atoms with Crippen molar-refractivity contribution < 1.29 is 14.7 Å². The van der Waals surface area contributed by atoms with E-state index in [-0.39, 0.29) is 6.03 Å². The summed E-state index contributed by atoms with van der Waals surface area (Å²) in [6.07, 6.45) is 3.58. The summed E-state index contributed by atoms with van der Waals surface area (Å²) in [5.74, 6) is -0.812. The second-order valence-electron chi connectivity index (χ2n) is 5.58. The summed E-state index contributed by atoms with van der Waals surface area (Å²) in [4.78, 5) is 26.9. The number of rotatable bonds is 1. The molecule has 2 heterocycles. The van der Waals surface area contributed by atoms with Crippen molar-refractivity contribution in [2.45, 2.75) is 26.7 Å². The maximum atomic E-state index is 12.3. The molecule has 0 bridgehead atoms. The van der Waals surface area contributed by atoms with Crippen LogP contribution in [0.5, 0.6) is 0 Å². The Morgan fingerprint density at radius 2 is 2.06 bits per heavy atom. The summed E-state index contributed by atoms with van der Waals surface area (Å²) in [5, 5.41) is 9.16. The van der Waals surface area contributed by atoms with Crippen molar-refractivity contribution in [1.29, 1.82) is 0 Å². The summed E-state index contributed by atoms with van der Waals surface area (Å²) in [7, 11) is 0. The van der Waals surface area contributed by atoms with Crippen molar-refractivity contribution in [3.05, 3.63) is 11.6 Å². The first-order valence-electron chi connectivity index (χ1n) is 6.35. The third-order valence-electron chi connectivity index (χ3n) is 3.86. The first-order valence-corrected chi connectivity index (χ1v) is 6.35. The number of carboxylic acid groups (broad SMARTS) is 1. The number of amides is 2. The molecule has 1 N–H and O–H groups in total. The van der Waals surface area contributed by atoms with Gasteiger partial charge in [-0.2, -0.15) is 0 Å². The maximum absolute atomic E-state index is 12.3. The number of likely N-dealkylation sites (tertiary alicyclic amines) is 1. The van der Waals surface area contributed by atoms with Gasteiger partial charge in [-0.05, 0) is 26.7 Å². The fourth-order valence-corrected chi connectivity index (χ4v) is 2.57. The lowest BCUT2D eigenvalue weighted by Gasteiger charge is -2.31. The molecule has 0 radical (unpaired) electrons. The number of aliphatic carboxylic acids is 1. The predicted octanol–water partition coefficient (Wildman–Crippen LogP) is 1.56. The molecule has 0 aromatic carbocycles. The SMILES string of the molecule is CC1=CCCN(C(=O)N2CCC(C)(C(=O)O)C2)C1. The first-order chi connectivity index (χ1) is 8.42. The van der Waals surface area contributed by atoms with Gasteiger partial charge < -0.3 is 14.9 Å². The van der Waals surface area contributed by atoms with Crippen LogP contribution in [0.4, 0.5) is 4.79 Å². The molecule has 0 aromatic rings. The predicted molar refractivity (Wildman–Crippen MR) is 67.3 cm³/mol. The topological polar surface area (TPSA) is 60.9 Å². The average Bonchev–Trinajstić information content (AvgIpc) is 2.72. The van der Waals surface area contributed by atoms with Crippen LogP contribution in [0.25, 0.3) is 0 Å². The Kier molecular flexibility index (Phi) is 3.32. The van der Waals surface area contributed by atoms with Crippen molar-refractivity contribution in [3.8, 4) is 0 Å². The molecule has 2 amide bonds. The summed E-state index contributed by atoms with van der Waals surface area (Å²) >= 11 is 0. The number of hydrogen-bond acceptors (Lipinski definition) is 2. The standard InChI is InChI=1S/C13H20N2O3/c1-10-4-3-6-14(8-10)12(18)15-7-5-13(2,9-15)11(16)17/h4H,3,5-9H2,1-2H3,(H,16,17). The van der Waals surface area contributed by atoms with Crippen molar-refractivity contribution in [3.63, 3.8) is 0 Å². The number of carboxylic acids is 1. The van der Waals surface area contributed by atoms with Crippen LogP contribution in [-0.4, -0.2) is 53.1 Å². The molecule has 5 nitrogen and oxygen atoms in total. The Hall–Kier alpha value is -1.52. The molecule has 1 fully saturated rings. The van der Waals surface area contributed by atoms with Gasteiger partial charge in [0.15, 0.2) is 0 Å². The van der Waals surface area contributed by atoms with Crippen LogP contribution in [0.15, 0.2) is 11.6 Å². The van der Waals surface area contributed by atoms with Crippen molar-refractivity contribution in [2.24, 2.45) is 5.41 Å². The molecule has 0 saturated carbocycles. The van der Waals surface area contributed by atoms with Gasteiger partial charge in [-0.3, -0.25) is 4.79 Å². The highest BCUT2D eigenvalue weighted by Crippen LogP contribution is 2.31. The molecule has 2 rings (SSSR count). The average molecular weight is 252 g/mol. The highest BCUT2D eigenvalue weighted by Gasteiger charge is 2.43. The molecule has 1 atom stereocenters. The zero-order valence-corrected chi connectivity index (χ0v) is 11.0. The molecule has 2 aliphatic rings. The summed E-state index contributed by atoms with van der Waals surface area (Å²) in [6, 6.07) is -0.0209. The zero-order chi connectivity index (χ0) is 13.3. The Balaban J connectivity index is 2.00. The van der Waals surface area contributed by atoms with Crippen LogP contribution in [0.1, 0.15) is 26.7 Å². The van der Waals surface area contributed by atoms with E-state index in [1.165, 1.54) is 5.57 Å². The van der Waals surface area contributed by atoms with E-state index in [0.717, 1.165) is 13.0 Å². The van der Waals surface area contributed by atoms with Crippen LogP contribution >= 0.6 is 0 Å². The van der Waals surface area contributed by atoms with Gasteiger partial charge in [-0.25, -0.2) is 4.79 Å². The van der Waals surface area contributed by atoms with Gasteiger partial charge in [0, 0.05) is 26.2 Å². The Morgan fingerprint density at radius 3 is 2.61 bits per heavy atom. The minimum Gasteiger partial charge on any atom is -0.481 e. The molecule has 2 aliphatic heterocycles. The molecule has 0 aliphatic carbocycles. The van der Waals surface area contributed by atoms with E-state index in [4.69, 9.17) is 5.11 Å². The van der Waals surface area contributed by atoms with E-state index in [0.29, 0.717) is 26.1 Å². The van der Waals surface area contributed by atoms with Crippen LogP contribution in [0.2, 0.25) is 0 Å². The van der Waals surface area contributed by atoms with Gasteiger partial charge >= 0.3 is 12.0 Å². The number of urea groups is 1. The molecule has 0 spiro atoms. The zero-order valence-electron chi connectivity index (χ0n) is 11.0. The smallest absolute Gasteiger partial charge is 0.320 e. The third kappa shape index (κ3) is 2.35. The van der Waals surface area contributed by atoms with Crippen LogP contribution in [0, 0.1) is 5.41 Å². The van der Waals surface area contributed by atoms with Gasteiger partial charge in [0.1, 0.15) is 0 Å². The lowest BCUT2D eigenvalue weighted by atomic mass is 9.90. The molecule has 100 valence electrons. The molecular formula is C13H20N2O3. The summed E-state index contributed by atoms with van der Waals surface area (Å²) < 4.78 is 0. The molecule has 5 heteroatoms. The third-order valence-corrected chi connectivity index (χ3v) is 3.86. The second kappa shape index (κ2) is 4.63. The number of hydrogen-bond donors (Lipinski definition) is 1. The minimum atomic E-state index is -0.812. The molecule has 1 saturated heterocycles. The van der Waals surface area contributed by atoms with Crippen molar-refractivity contribution in [1.82, 2.24) is 9.80 Å². The van der Waals surface area contributed by atoms with E-state index in [1.807, 2.05) is 11.8 Å². The second-order valence-corrected chi connectivity index (χ2v) is 5.58. The van der Waals surface area contributed by atoms with Crippen LogP contribution in [0.3, 0.4) is 0 Å². The van der Waals surface area contributed by atoms with Crippen LogP contribution in [-0.2, 0) is 4.79 Å². The summed E-state index contributed by atoms with van der Waals surface area (Å²) in [5.41, 5.74) is 0.422. The highest BCUT2D eigenvalue weighted by molar-refractivity contribution is 5.79. The molecule has 0 aromatic heterocycles. The largest absolute Gasteiger partial charge is 0.481 e. The van der Waals surface area contributed by atoms with Gasteiger partial charge in [0.05, 0.1) is 5.41 Å². The van der Waals surface area contributed by atoms with Gasteiger partial charge in [-0.1, -0.05) is 11.6 Å².